The van der Waals surface area contributed by atoms with Crippen LogP contribution in [0.25, 0.3) is 0 Å². The highest BCUT2D eigenvalue weighted by Gasteiger charge is 2.59. The minimum Gasteiger partial charge on any atom is -0.497 e. The van der Waals surface area contributed by atoms with Crippen LogP contribution in [0.2, 0.25) is 0 Å². The maximum absolute atomic E-state index is 12.8. The van der Waals surface area contributed by atoms with Gasteiger partial charge in [-0.2, -0.15) is 0 Å². The Hall–Kier alpha value is -2.69. The molecule has 5 nitrogen and oxygen atoms in total. The van der Waals surface area contributed by atoms with E-state index in [9.17, 15) is 4.79 Å². The topological polar surface area (TPSA) is 56.8 Å². The van der Waals surface area contributed by atoms with Crippen molar-refractivity contribution in [1.82, 2.24) is 5.32 Å². The van der Waals surface area contributed by atoms with Gasteiger partial charge in [0.25, 0.3) is 5.91 Å². The van der Waals surface area contributed by atoms with Crippen LogP contribution in [0.1, 0.15) is 35.7 Å². The lowest BCUT2D eigenvalue weighted by Gasteiger charge is -2.11. The zero-order chi connectivity index (χ0) is 18.9. The van der Waals surface area contributed by atoms with Crippen LogP contribution in [-0.2, 0) is 0 Å². The van der Waals surface area contributed by atoms with Crippen molar-refractivity contribution in [2.45, 2.75) is 25.8 Å². The van der Waals surface area contributed by atoms with Crippen LogP contribution in [0.15, 0.2) is 42.5 Å². The van der Waals surface area contributed by atoms with E-state index in [1.807, 2.05) is 12.1 Å². The number of methoxy groups -OCH3 is 3. The molecule has 1 aliphatic carbocycles. The van der Waals surface area contributed by atoms with E-state index >= 15 is 0 Å². The average Bonchev–Trinajstić information content (AvgIpc) is 3.20. The second-order valence-corrected chi connectivity index (χ2v) is 7.09. The molecule has 0 saturated heterocycles. The Morgan fingerprint density at radius 3 is 2.12 bits per heavy atom. The number of amides is 1. The molecule has 0 heterocycles. The predicted molar refractivity (Wildman–Crippen MR) is 100 cm³/mol. The summed E-state index contributed by atoms with van der Waals surface area (Å²) in [6.45, 7) is 4.32. The molecule has 0 aromatic heterocycles. The third-order valence-corrected chi connectivity index (χ3v) is 5.24. The van der Waals surface area contributed by atoms with E-state index in [1.54, 1.807) is 39.5 Å². The van der Waals surface area contributed by atoms with Gasteiger partial charge in [-0.25, -0.2) is 0 Å². The van der Waals surface area contributed by atoms with E-state index < -0.39 is 0 Å². The van der Waals surface area contributed by atoms with Crippen LogP contribution in [0, 0.1) is 5.41 Å². The van der Waals surface area contributed by atoms with E-state index in [2.05, 4.69) is 31.3 Å². The SMILES string of the molecule is COc1ccc([C@H]2[C@H](NC(=O)c3cc(OC)ccc3OC)C2(C)C)cc1. The lowest BCUT2D eigenvalue weighted by atomic mass is 10.0. The summed E-state index contributed by atoms with van der Waals surface area (Å²) in [4.78, 5) is 12.8. The summed E-state index contributed by atoms with van der Waals surface area (Å²) in [5.41, 5.74) is 1.65. The van der Waals surface area contributed by atoms with Gasteiger partial charge < -0.3 is 19.5 Å². The zero-order valence-electron chi connectivity index (χ0n) is 15.8. The van der Waals surface area contributed by atoms with E-state index in [4.69, 9.17) is 14.2 Å². The van der Waals surface area contributed by atoms with Gasteiger partial charge in [-0.15, -0.1) is 0 Å². The van der Waals surface area contributed by atoms with Gasteiger partial charge in [0.1, 0.15) is 17.2 Å². The van der Waals surface area contributed by atoms with Crippen LogP contribution in [0.4, 0.5) is 0 Å². The highest BCUT2D eigenvalue weighted by atomic mass is 16.5. The van der Waals surface area contributed by atoms with Crippen molar-refractivity contribution in [3.63, 3.8) is 0 Å². The molecular formula is C21H25NO4. The van der Waals surface area contributed by atoms with Gasteiger partial charge in [-0.3, -0.25) is 4.79 Å². The zero-order valence-corrected chi connectivity index (χ0v) is 15.8. The van der Waals surface area contributed by atoms with Crippen molar-refractivity contribution in [2.75, 3.05) is 21.3 Å². The van der Waals surface area contributed by atoms with Crippen molar-refractivity contribution in [1.29, 1.82) is 0 Å². The molecule has 1 N–H and O–H groups in total. The second kappa shape index (κ2) is 6.90. The molecule has 1 aliphatic rings. The predicted octanol–water partition coefficient (Wildman–Crippen LogP) is 3.63. The average molecular weight is 355 g/mol. The number of nitrogens with one attached hydrogen (secondary N) is 1. The molecule has 5 heteroatoms. The molecular weight excluding hydrogens is 330 g/mol. The Morgan fingerprint density at radius 2 is 1.54 bits per heavy atom. The first-order valence-electron chi connectivity index (χ1n) is 8.59. The number of ether oxygens (including phenoxy) is 3. The maximum Gasteiger partial charge on any atom is 0.255 e. The molecule has 0 unspecified atom stereocenters. The van der Waals surface area contributed by atoms with Crippen LogP contribution in [0.5, 0.6) is 17.2 Å². The van der Waals surface area contributed by atoms with E-state index in [0.717, 1.165) is 5.75 Å². The molecule has 1 saturated carbocycles. The van der Waals surface area contributed by atoms with Gasteiger partial charge >= 0.3 is 0 Å². The highest BCUT2D eigenvalue weighted by Crippen LogP contribution is 2.58. The Bertz CT molecular complexity index is 798. The summed E-state index contributed by atoms with van der Waals surface area (Å²) >= 11 is 0. The van der Waals surface area contributed by atoms with Crippen LogP contribution in [-0.4, -0.2) is 33.3 Å². The minimum atomic E-state index is -0.158. The monoisotopic (exact) mass is 355 g/mol. The van der Waals surface area contributed by atoms with Crippen LogP contribution in [0.3, 0.4) is 0 Å². The number of hydrogen-bond acceptors (Lipinski definition) is 4. The van der Waals surface area contributed by atoms with Gasteiger partial charge in [-0.05, 0) is 41.3 Å². The smallest absolute Gasteiger partial charge is 0.255 e. The number of rotatable bonds is 6. The largest absolute Gasteiger partial charge is 0.497 e. The summed E-state index contributed by atoms with van der Waals surface area (Å²) in [5.74, 6) is 2.08. The molecule has 138 valence electrons. The summed E-state index contributed by atoms with van der Waals surface area (Å²) in [7, 11) is 4.79. The molecule has 3 rings (SSSR count). The fourth-order valence-electron chi connectivity index (χ4n) is 3.55. The Balaban J connectivity index is 1.79. The third kappa shape index (κ3) is 3.21. The minimum absolute atomic E-state index is 0.0175. The van der Waals surface area contributed by atoms with Crippen molar-refractivity contribution in [3.05, 3.63) is 53.6 Å². The maximum atomic E-state index is 12.8. The first-order chi connectivity index (χ1) is 12.4. The van der Waals surface area contributed by atoms with Gasteiger partial charge in [0, 0.05) is 12.0 Å². The first kappa shape index (κ1) is 18.1. The fourth-order valence-corrected chi connectivity index (χ4v) is 3.55. The molecule has 1 fully saturated rings. The normalized spacial score (nSPS) is 20.2. The van der Waals surface area contributed by atoms with Gasteiger partial charge in [0.2, 0.25) is 0 Å². The summed E-state index contributed by atoms with van der Waals surface area (Å²) < 4.78 is 15.8. The Morgan fingerprint density at radius 1 is 0.923 bits per heavy atom. The molecule has 2 aromatic rings. The van der Waals surface area contributed by atoms with Gasteiger partial charge in [0.05, 0.1) is 26.9 Å². The second-order valence-electron chi connectivity index (χ2n) is 7.09. The molecule has 0 aliphatic heterocycles. The molecule has 0 spiro atoms. The van der Waals surface area contributed by atoms with Crippen molar-refractivity contribution in [3.8, 4) is 17.2 Å². The van der Waals surface area contributed by atoms with Crippen molar-refractivity contribution >= 4 is 5.91 Å². The molecule has 0 radical (unpaired) electrons. The number of carbonyl (C=O) groups excluding carboxylic acids is 1. The molecule has 1 amide bonds. The molecule has 26 heavy (non-hydrogen) atoms. The quantitative estimate of drug-likeness (QED) is 0.860. The lowest BCUT2D eigenvalue weighted by molar-refractivity contribution is 0.0942. The van der Waals surface area contributed by atoms with Gasteiger partial charge in [-0.1, -0.05) is 26.0 Å². The molecule has 0 bridgehead atoms. The summed E-state index contributed by atoms with van der Waals surface area (Å²) in [5, 5.41) is 3.16. The van der Waals surface area contributed by atoms with E-state index in [1.165, 1.54) is 5.56 Å². The highest BCUT2D eigenvalue weighted by molar-refractivity contribution is 5.98. The third-order valence-electron chi connectivity index (χ3n) is 5.24. The number of benzene rings is 2. The standard InChI is InChI=1S/C21H25NO4/c1-21(2)18(13-6-8-14(24-3)9-7-13)19(21)22-20(23)16-12-15(25-4)10-11-17(16)26-5/h6-12,18-19H,1-5H3,(H,22,23)/t18-,19-/m0/s1. The summed E-state index contributed by atoms with van der Waals surface area (Å²) in [6, 6.07) is 13.3. The lowest BCUT2D eigenvalue weighted by Crippen LogP contribution is -2.29. The van der Waals surface area contributed by atoms with E-state index in [0.29, 0.717) is 17.1 Å². The van der Waals surface area contributed by atoms with Crippen LogP contribution >= 0.6 is 0 Å². The fraction of sp³-hybridized carbons (Fsp3) is 0.381. The summed E-state index contributed by atoms with van der Waals surface area (Å²) in [6.07, 6.45) is 0. The number of carbonyl (C=O) groups is 1. The Kier molecular flexibility index (Phi) is 4.81. The van der Waals surface area contributed by atoms with Crippen molar-refractivity contribution in [2.24, 2.45) is 5.41 Å². The van der Waals surface area contributed by atoms with E-state index in [-0.39, 0.29) is 23.3 Å². The molecule has 2 atom stereocenters. The first-order valence-corrected chi connectivity index (χ1v) is 8.59. The van der Waals surface area contributed by atoms with Gasteiger partial charge in [0.15, 0.2) is 0 Å². The Labute approximate surface area is 154 Å². The van der Waals surface area contributed by atoms with Crippen molar-refractivity contribution < 1.29 is 19.0 Å². The van der Waals surface area contributed by atoms with Crippen LogP contribution < -0.4 is 19.5 Å². The molecule has 2 aromatic carbocycles. The number of hydrogen-bond donors (Lipinski definition) is 1.